The highest BCUT2D eigenvalue weighted by Crippen LogP contribution is 2.28. The van der Waals surface area contributed by atoms with Crippen molar-refractivity contribution in [2.45, 2.75) is 23.4 Å². The molecule has 1 aliphatic rings. The number of benzene rings is 3. The van der Waals surface area contributed by atoms with Crippen LogP contribution in [0, 0.1) is 0 Å². The third kappa shape index (κ3) is 4.63. The van der Waals surface area contributed by atoms with E-state index in [1.807, 2.05) is 0 Å². The van der Waals surface area contributed by atoms with Crippen LogP contribution >= 0.6 is 11.6 Å². The van der Waals surface area contributed by atoms with Crippen molar-refractivity contribution in [3.63, 3.8) is 0 Å². The number of ether oxygens (including phenoxy) is 1. The third-order valence-corrected chi connectivity index (χ3v) is 8.36. The molecule has 5 rings (SSSR count). The fourth-order valence-electron chi connectivity index (χ4n) is 4.61. The Labute approximate surface area is 218 Å². The predicted octanol–water partition coefficient (Wildman–Crippen LogP) is 2.77. The highest BCUT2D eigenvalue weighted by atomic mass is 35.5. The molecule has 1 saturated heterocycles. The summed E-state index contributed by atoms with van der Waals surface area (Å²) in [6, 6.07) is 17.8. The molecular formula is C26H25ClN4O5S. The molecule has 1 aromatic heterocycles. The summed E-state index contributed by atoms with van der Waals surface area (Å²) in [5.74, 6) is 0.0607. The van der Waals surface area contributed by atoms with E-state index in [-0.39, 0.29) is 22.0 Å². The molecule has 3 aromatic carbocycles. The smallest absolute Gasteiger partial charge is 0.344 e. The summed E-state index contributed by atoms with van der Waals surface area (Å²) in [7, 11) is -2.86. The summed E-state index contributed by atoms with van der Waals surface area (Å²) in [5, 5.41) is 6.51. The second-order valence-electron chi connectivity index (χ2n) is 8.74. The van der Waals surface area contributed by atoms with E-state index in [1.165, 1.54) is 54.1 Å². The minimum Gasteiger partial charge on any atom is -0.497 e. The van der Waals surface area contributed by atoms with Gasteiger partial charge in [-0.05, 0) is 61.0 Å². The zero-order chi connectivity index (χ0) is 26.2. The van der Waals surface area contributed by atoms with Gasteiger partial charge >= 0.3 is 5.69 Å². The number of nitrogens with zero attached hydrogens (tertiary/aromatic N) is 2. The number of carbonyl (C=O) groups excluding carboxylic acids is 1. The first kappa shape index (κ1) is 25.1. The van der Waals surface area contributed by atoms with Crippen molar-refractivity contribution >= 4 is 38.6 Å². The summed E-state index contributed by atoms with van der Waals surface area (Å²) in [6.45, 7) is 1.39. The molecule has 0 radical (unpaired) electrons. The lowest BCUT2D eigenvalue weighted by Crippen LogP contribution is -2.44. The van der Waals surface area contributed by atoms with Gasteiger partial charge in [0.05, 0.1) is 23.0 Å². The molecule has 1 amide bonds. The summed E-state index contributed by atoms with van der Waals surface area (Å²) >= 11 is 6.29. The number of rotatable bonds is 7. The van der Waals surface area contributed by atoms with Gasteiger partial charge in [-0.15, -0.1) is 0 Å². The highest BCUT2D eigenvalue weighted by molar-refractivity contribution is 7.90. The van der Waals surface area contributed by atoms with E-state index in [9.17, 15) is 18.0 Å². The Morgan fingerprint density at radius 1 is 1.08 bits per heavy atom. The number of hydrogen-bond acceptors (Lipinski definition) is 6. The number of aromatic nitrogens is 2. The van der Waals surface area contributed by atoms with Crippen molar-refractivity contribution < 1.29 is 17.9 Å². The van der Waals surface area contributed by atoms with Crippen LogP contribution in [0.3, 0.4) is 0 Å². The number of fused-ring (bicyclic) bond motifs is 1. The Bertz CT molecular complexity index is 1610. The number of halogens is 1. The molecule has 1 aliphatic heterocycles. The van der Waals surface area contributed by atoms with Crippen LogP contribution in [0.1, 0.15) is 18.0 Å². The average molecular weight is 541 g/mol. The largest absolute Gasteiger partial charge is 0.497 e. The van der Waals surface area contributed by atoms with Gasteiger partial charge in [-0.1, -0.05) is 41.9 Å². The van der Waals surface area contributed by atoms with E-state index in [4.69, 9.17) is 16.3 Å². The van der Waals surface area contributed by atoms with Gasteiger partial charge in [0, 0.05) is 17.6 Å². The molecule has 1 fully saturated rings. The molecule has 0 spiro atoms. The van der Waals surface area contributed by atoms with E-state index in [1.54, 1.807) is 30.3 Å². The molecule has 4 aromatic rings. The second-order valence-corrected chi connectivity index (χ2v) is 11.0. The van der Waals surface area contributed by atoms with Crippen LogP contribution in [-0.4, -0.2) is 49.1 Å². The van der Waals surface area contributed by atoms with Crippen molar-refractivity contribution in [1.29, 1.82) is 0 Å². The highest BCUT2D eigenvalue weighted by Gasteiger charge is 2.33. The quantitative estimate of drug-likeness (QED) is 0.373. The van der Waals surface area contributed by atoms with Crippen molar-refractivity contribution in [1.82, 2.24) is 19.2 Å². The average Bonchev–Trinajstić information content (AvgIpc) is 3.51. The molecular weight excluding hydrogens is 516 g/mol. The maximum atomic E-state index is 14.0. The lowest BCUT2D eigenvalue weighted by atomic mass is 10.0. The molecule has 11 heteroatoms. The summed E-state index contributed by atoms with van der Waals surface area (Å²) in [6.07, 6.45) is 0.752. The molecule has 9 nitrogen and oxygen atoms in total. The number of carbonyl (C=O) groups is 1. The first-order chi connectivity index (χ1) is 17.8. The van der Waals surface area contributed by atoms with Crippen molar-refractivity contribution in [2.24, 2.45) is 0 Å². The minimum absolute atomic E-state index is 0.0952. The van der Waals surface area contributed by atoms with E-state index >= 15 is 0 Å². The maximum Gasteiger partial charge on any atom is 0.344 e. The molecule has 2 heterocycles. The van der Waals surface area contributed by atoms with Gasteiger partial charge < -0.3 is 15.4 Å². The zero-order valence-corrected chi connectivity index (χ0v) is 21.5. The minimum atomic E-state index is -4.33. The van der Waals surface area contributed by atoms with Gasteiger partial charge in [0.25, 0.3) is 10.0 Å². The number of methoxy groups -OCH3 is 1. The van der Waals surface area contributed by atoms with Gasteiger partial charge in [-0.2, -0.15) is 3.97 Å². The summed E-state index contributed by atoms with van der Waals surface area (Å²) in [5.41, 5.74) is 0.000167. The fourth-order valence-corrected chi connectivity index (χ4v) is 6.18. The summed E-state index contributed by atoms with van der Waals surface area (Å²) < 4.78 is 34.5. The number of amides is 1. The zero-order valence-electron chi connectivity index (χ0n) is 19.9. The molecule has 2 N–H and O–H groups in total. The Morgan fingerprint density at radius 2 is 1.81 bits per heavy atom. The third-order valence-electron chi connectivity index (χ3n) is 6.42. The maximum absolute atomic E-state index is 14.0. The van der Waals surface area contributed by atoms with Crippen LogP contribution in [0.5, 0.6) is 5.75 Å². The van der Waals surface area contributed by atoms with Gasteiger partial charge in [0.15, 0.2) is 0 Å². The molecule has 37 heavy (non-hydrogen) atoms. The standard InChI is InChI=1S/C26H25ClN4O5S/c1-36-20-8-10-21(11-9-20)37(34,35)31-22-12-7-18(27)15-23(22)30(26(31)33)24(17-5-3-2-4-6-17)25(32)29-19-13-14-28-16-19/h2-12,15,19,24,28H,13-14,16H2,1H3,(H,29,32). The van der Waals surface area contributed by atoms with Crippen LogP contribution in [0.15, 0.2) is 82.5 Å². The topological polar surface area (TPSA) is 111 Å². The Balaban J connectivity index is 1.74. The Morgan fingerprint density at radius 3 is 2.46 bits per heavy atom. The number of nitrogens with one attached hydrogen (secondary N) is 2. The van der Waals surface area contributed by atoms with Crippen molar-refractivity contribution in [3.8, 4) is 5.75 Å². The van der Waals surface area contributed by atoms with Crippen LogP contribution in [0.2, 0.25) is 5.02 Å². The normalized spacial score (nSPS) is 16.5. The Hall–Kier alpha value is -3.60. The van der Waals surface area contributed by atoms with Crippen LogP contribution in [0.4, 0.5) is 0 Å². The van der Waals surface area contributed by atoms with Gasteiger partial charge in [-0.25, -0.2) is 13.2 Å². The number of imidazole rings is 1. The van der Waals surface area contributed by atoms with E-state index in [0.29, 0.717) is 22.9 Å². The summed E-state index contributed by atoms with van der Waals surface area (Å²) in [4.78, 5) is 27.6. The van der Waals surface area contributed by atoms with Gasteiger partial charge in [-0.3, -0.25) is 9.36 Å². The van der Waals surface area contributed by atoms with Gasteiger partial charge in [0.1, 0.15) is 11.8 Å². The number of hydrogen-bond donors (Lipinski definition) is 2. The van der Waals surface area contributed by atoms with Crippen LogP contribution < -0.4 is 21.1 Å². The lowest BCUT2D eigenvalue weighted by molar-refractivity contribution is -0.123. The molecule has 0 bridgehead atoms. The van der Waals surface area contributed by atoms with E-state index in [0.717, 1.165) is 16.9 Å². The SMILES string of the molecule is COc1ccc(S(=O)(=O)n2c(=O)n(C(C(=O)NC3CCNC3)c3ccccc3)c3cc(Cl)ccc32)cc1. The Kier molecular flexibility index (Phi) is 6.80. The first-order valence-corrected chi connectivity index (χ1v) is 13.5. The molecule has 192 valence electrons. The lowest BCUT2D eigenvalue weighted by Gasteiger charge is -2.21. The van der Waals surface area contributed by atoms with Crippen molar-refractivity contribution in [2.75, 3.05) is 20.2 Å². The van der Waals surface area contributed by atoms with E-state index in [2.05, 4.69) is 10.6 Å². The monoisotopic (exact) mass is 540 g/mol. The molecule has 0 saturated carbocycles. The van der Waals surface area contributed by atoms with Crippen molar-refractivity contribution in [3.05, 3.63) is 93.9 Å². The van der Waals surface area contributed by atoms with Crippen LogP contribution in [0.25, 0.3) is 11.0 Å². The fraction of sp³-hybridized carbons (Fsp3) is 0.231. The molecule has 2 unspecified atom stereocenters. The van der Waals surface area contributed by atoms with Gasteiger partial charge in [0.2, 0.25) is 5.91 Å². The van der Waals surface area contributed by atoms with E-state index < -0.39 is 27.7 Å². The molecule has 2 atom stereocenters. The second kappa shape index (κ2) is 10.0. The predicted molar refractivity (Wildman–Crippen MR) is 141 cm³/mol. The first-order valence-electron chi connectivity index (χ1n) is 11.7. The van der Waals surface area contributed by atoms with Crippen LogP contribution in [-0.2, 0) is 14.8 Å². The molecule has 0 aliphatic carbocycles.